The summed E-state index contributed by atoms with van der Waals surface area (Å²) in [4.78, 5) is 10.6. The molecule has 1 saturated heterocycles. The fourth-order valence-corrected chi connectivity index (χ4v) is 2.85. The molecular formula is C11H15BrClN3. The third-order valence-corrected chi connectivity index (χ3v) is 4.31. The minimum Gasteiger partial charge on any atom is -0.352 e. The van der Waals surface area contributed by atoms with Gasteiger partial charge in [-0.15, -0.1) is 0 Å². The molecule has 16 heavy (non-hydrogen) atoms. The highest BCUT2D eigenvalue weighted by Gasteiger charge is 2.29. The predicted molar refractivity (Wildman–Crippen MR) is 69.9 cm³/mol. The van der Waals surface area contributed by atoms with Crippen molar-refractivity contribution >= 4 is 33.3 Å². The number of rotatable bonds is 2. The second-order valence-corrected chi connectivity index (χ2v) is 5.60. The second-order valence-electron chi connectivity index (χ2n) is 4.45. The first-order chi connectivity index (χ1) is 7.61. The van der Waals surface area contributed by atoms with Crippen LogP contribution in [0.25, 0.3) is 0 Å². The number of hydrogen-bond donors (Lipinski definition) is 0. The maximum atomic E-state index is 5.99. The van der Waals surface area contributed by atoms with E-state index in [4.69, 9.17) is 11.6 Å². The van der Waals surface area contributed by atoms with Gasteiger partial charge in [0, 0.05) is 12.6 Å². The molecule has 0 bridgehead atoms. The van der Waals surface area contributed by atoms with Gasteiger partial charge >= 0.3 is 0 Å². The fraction of sp³-hybridized carbons (Fsp3) is 0.636. The van der Waals surface area contributed by atoms with Crippen molar-refractivity contribution in [3.63, 3.8) is 0 Å². The molecule has 2 rings (SSSR count). The zero-order valence-corrected chi connectivity index (χ0v) is 11.8. The van der Waals surface area contributed by atoms with Crippen LogP contribution in [0.4, 0.5) is 5.82 Å². The van der Waals surface area contributed by atoms with E-state index in [1.54, 1.807) is 0 Å². The standard InChI is InChI=1S/C11H15BrClN3/c1-7(2)8-4-3-5-16(8)11-9(12)10(13)14-6-15-11/h6-8H,3-5H2,1-2H3. The molecule has 88 valence electrons. The van der Waals surface area contributed by atoms with Gasteiger partial charge in [0.1, 0.15) is 17.3 Å². The van der Waals surface area contributed by atoms with E-state index < -0.39 is 0 Å². The van der Waals surface area contributed by atoms with Crippen LogP contribution >= 0.6 is 27.5 Å². The second kappa shape index (κ2) is 4.88. The molecule has 0 amide bonds. The summed E-state index contributed by atoms with van der Waals surface area (Å²) < 4.78 is 0.809. The third kappa shape index (κ3) is 2.18. The minimum atomic E-state index is 0.486. The molecule has 0 aliphatic carbocycles. The summed E-state index contributed by atoms with van der Waals surface area (Å²) in [5, 5.41) is 0.486. The van der Waals surface area contributed by atoms with Crippen molar-refractivity contribution in [2.45, 2.75) is 32.7 Å². The summed E-state index contributed by atoms with van der Waals surface area (Å²) in [7, 11) is 0. The van der Waals surface area contributed by atoms with Crippen molar-refractivity contribution in [1.29, 1.82) is 0 Å². The van der Waals surface area contributed by atoms with E-state index in [0.29, 0.717) is 17.1 Å². The van der Waals surface area contributed by atoms with Crippen molar-refractivity contribution < 1.29 is 0 Å². The Morgan fingerprint density at radius 1 is 1.50 bits per heavy atom. The number of nitrogens with zero attached hydrogens (tertiary/aromatic N) is 3. The van der Waals surface area contributed by atoms with Gasteiger partial charge in [-0.1, -0.05) is 25.4 Å². The van der Waals surface area contributed by atoms with E-state index in [1.807, 2.05) is 0 Å². The Hall–Kier alpha value is -0.350. The molecule has 0 radical (unpaired) electrons. The largest absolute Gasteiger partial charge is 0.352 e. The number of halogens is 2. The fourth-order valence-electron chi connectivity index (χ4n) is 2.29. The van der Waals surface area contributed by atoms with Crippen LogP contribution in [0, 0.1) is 5.92 Å². The summed E-state index contributed by atoms with van der Waals surface area (Å²) in [6.07, 6.45) is 3.97. The van der Waals surface area contributed by atoms with Crippen LogP contribution in [0.15, 0.2) is 10.8 Å². The average molecular weight is 305 g/mol. The lowest BCUT2D eigenvalue weighted by molar-refractivity contribution is 0.489. The monoisotopic (exact) mass is 303 g/mol. The van der Waals surface area contributed by atoms with Gasteiger partial charge in [0.15, 0.2) is 0 Å². The Balaban J connectivity index is 2.33. The lowest BCUT2D eigenvalue weighted by Crippen LogP contribution is -2.34. The molecule has 1 aromatic heterocycles. The Labute approximate surface area is 109 Å². The van der Waals surface area contributed by atoms with Gasteiger partial charge in [-0.05, 0) is 34.7 Å². The van der Waals surface area contributed by atoms with Gasteiger partial charge in [0.2, 0.25) is 0 Å². The zero-order chi connectivity index (χ0) is 11.7. The van der Waals surface area contributed by atoms with Gasteiger partial charge in [-0.25, -0.2) is 9.97 Å². The zero-order valence-electron chi connectivity index (χ0n) is 9.45. The van der Waals surface area contributed by atoms with Crippen LogP contribution in [-0.4, -0.2) is 22.6 Å². The summed E-state index contributed by atoms with van der Waals surface area (Å²) in [6.45, 7) is 5.55. The van der Waals surface area contributed by atoms with E-state index in [2.05, 4.69) is 44.6 Å². The van der Waals surface area contributed by atoms with Crippen molar-refractivity contribution in [1.82, 2.24) is 9.97 Å². The summed E-state index contributed by atoms with van der Waals surface area (Å²) in [5.41, 5.74) is 0. The Morgan fingerprint density at radius 3 is 2.94 bits per heavy atom. The van der Waals surface area contributed by atoms with Crippen LogP contribution in [0.1, 0.15) is 26.7 Å². The highest BCUT2D eigenvalue weighted by atomic mass is 79.9. The van der Waals surface area contributed by atoms with E-state index in [1.165, 1.54) is 19.2 Å². The van der Waals surface area contributed by atoms with Crippen molar-refractivity contribution in [3.8, 4) is 0 Å². The molecule has 0 N–H and O–H groups in total. The molecule has 1 aromatic rings. The van der Waals surface area contributed by atoms with E-state index >= 15 is 0 Å². The maximum Gasteiger partial charge on any atom is 0.148 e. The summed E-state index contributed by atoms with van der Waals surface area (Å²) in [5.74, 6) is 1.55. The predicted octanol–water partition coefficient (Wildman–Crippen LogP) is 3.52. The van der Waals surface area contributed by atoms with Gasteiger partial charge in [0.25, 0.3) is 0 Å². The number of anilines is 1. The number of aromatic nitrogens is 2. The summed E-state index contributed by atoms with van der Waals surface area (Å²) >= 11 is 9.46. The Morgan fingerprint density at radius 2 is 2.25 bits per heavy atom. The van der Waals surface area contributed by atoms with Gasteiger partial charge in [-0.2, -0.15) is 0 Å². The molecule has 3 nitrogen and oxygen atoms in total. The van der Waals surface area contributed by atoms with Crippen LogP contribution in [0.2, 0.25) is 5.15 Å². The van der Waals surface area contributed by atoms with Gasteiger partial charge < -0.3 is 4.90 Å². The quantitative estimate of drug-likeness (QED) is 0.783. The van der Waals surface area contributed by atoms with Crippen molar-refractivity contribution in [3.05, 3.63) is 16.0 Å². The van der Waals surface area contributed by atoms with Gasteiger partial charge in [0.05, 0.1) is 4.47 Å². The van der Waals surface area contributed by atoms with Crippen LogP contribution in [0.5, 0.6) is 0 Å². The van der Waals surface area contributed by atoms with Crippen LogP contribution < -0.4 is 4.90 Å². The van der Waals surface area contributed by atoms with Crippen molar-refractivity contribution in [2.75, 3.05) is 11.4 Å². The molecule has 5 heteroatoms. The lowest BCUT2D eigenvalue weighted by atomic mass is 10.0. The molecule has 1 unspecified atom stereocenters. The number of hydrogen-bond acceptors (Lipinski definition) is 3. The van der Waals surface area contributed by atoms with Gasteiger partial charge in [-0.3, -0.25) is 0 Å². The summed E-state index contributed by atoms with van der Waals surface area (Å²) in [6, 6.07) is 0.558. The molecule has 1 atom stereocenters. The minimum absolute atomic E-state index is 0.486. The molecular weight excluding hydrogens is 289 g/mol. The van der Waals surface area contributed by atoms with E-state index in [9.17, 15) is 0 Å². The smallest absolute Gasteiger partial charge is 0.148 e. The molecule has 1 aliphatic heterocycles. The highest BCUT2D eigenvalue weighted by molar-refractivity contribution is 9.10. The molecule has 0 spiro atoms. The van der Waals surface area contributed by atoms with E-state index in [0.717, 1.165) is 16.8 Å². The average Bonchev–Trinajstić information content (AvgIpc) is 2.70. The Kier molecular flexibility index (Phi) is 3.70. The van der Waals surface area contributed by atoms with Crippen LogP contribution in [-0.2, 0) is 0 Å². The first-order valence-electron chi connectivity index (χ1n) is 5.54. The molecule has 2 heterocycles. The maximum absolute atomic E-state index is 5.99. The molecule has 1 aliphatic rings. The van der Waals surface area contributed by atoms with E-state index in [-0.39, 0.29) is 0 Å². The highest BCUT2D eigenvalue weighted by Crippen LogP contribution is 2.35. The molecule has 1 fully saturated rings. The first kappa shape index (κ1) is 12.1. The first-order valence-corrected chi connectivity index (χ1v) is 6.71. The lowest BCUT2D eigenvalue weighted by Gasteiger charge is -2.29. The Bertz CT molecular complexity index is 383. The van der Waals surface area contributed by atoms with Crippen molar-refractivity contribution in [2.24, 2.45) is 5.92 Å². The topological polar surface area (TPSA) is 29.0 Å². The molecule has 0 saturated carbocycles. The third-order valence-electron chi connectivity index (χ3n) is 3.07. The van der Waals surface area contributed by atoms with Crippen LogP contribution in [0.3, 0.4) is 0 Å². The molecule has 0 aromatic carbocycles. The SMILES string of the molecule is CC(C)C1CCCN1c1ncnc(Cl)c1Br. The normalized spacial score (nSPS) is 20.8.